The third kappa shape index (κ3) is 3.84. The number of fused-ring (bicyclic) bond motifs is 2. The van der Waals surface area contributed by atoms with Gasteiger partial charge in [-0.05, 0) is 37.5 Å². The van der Waals surface area contributed by atoms with Crippen molar-refractivity contribution in [3.63, 3.8) is 0 Å². The summed E-state index contributed by atoms with van der Waals surface area (Å²) < 4.78 is 9.48. The fraction of sp³-hybridized carbons (Fsp3) is 0.448. The quantitative estimate of drug-likeness (QED) is 0.433. The van der Waals surface area contributed by atoms with Crippen LogP contribution in [0.3, 0.4) is 0 Å². The molecule has 0 bridgehead atoms. The molecule has 6 heterocycles. The van der Waals surface area contributed by atoms with Crippen LogP contribution in [-0.2, 0) is 24.8 Å². The summed E-state index contributed by atoms with van der Waals surface area (Å²) in [5.41, 5.74) is 10.2. The van der Waals surface area contributed by atoms with Crippen molar-refractivity contribution in [3.8, 4) is 0 Å². The van der Waals surface area contributed by atoms with E-state index >= 15 is 0 Å². The van der Waals surface area contributed by atoms with E-state index in [2.05, 4.69) is 33.8 Å². The van der Waals surface area contributed by atoms with Gasteiger partial charge in [-0.25, -0.2) is 4.68 Å². The predicted octanol–water partition coefficient (Wildman–Crippen LogP) is 2.60. The van der Waals surface area contributed by atoms with Gasteiger partial charge >= 0.3 is 0 Å². The molecule has 0 amide bonds. The predicted molar refractivity (Wildman–Crippen MR) is 151 cm³/mol. The Kier molecular flexibility index (Phi) is 5.71. The van der Waals surface area contributed by atoms with E-state index in [0.717, 1.165) is 55.8 Å². The van der Waals surface area contributed by atoms with Crippen molar-refractivity contribution in [2.24, 2.45) is 18.2 Å². The summed E-state index contributed by atoms with van der Waals surface area (Å²) in [5.74, 6) is 1.32. The number of aromatic nitrogens is 5. The third-order valence-corrected chi connectivity index (χ3v) is 8.98. The van der Waals surface area contributed by atoms with Gasteiger partial charge in [0.15, 0.2) is 11.5 Å². The molecule has 7 rings (SSSR count). The van der Waals surface area contributed by atoms with Crippen LogP contribution in [-0.4, -0.2) is 62.7 Å². The zero-order chi connectivity index (χ0) is 26.7. The van der Waals surface area contributed by atoms with Crippen LogP contribution in [0, 0.1) is 5.41 Å². The fourth-order valence-electron chi connectivity index (χ4n) is 6.56. The van der Waals surface area contributed by atoms with E-state index in [0.29, 0.717) is 36.0 Å². The van der Waals surface area contributed by atoms with E-state index in [1.54, 1.807) is 4.57 Å². The number of nitrogens with two attached hydrogens (primary N) is 1. The molecule has 10 heteroatoms. The first kappa shape index (κ1) is 24.3. The molecule has 39 heavy (non-hydrogen) atoms. The number of nitrogens with zero attached hydrogens (tertiary/aromatic N) is 7. The summed E-state index contributed by atoms with van der Waals surface area (Å²) in [4.78, 5) is 28.1. The monoisotopic (exact) mass is 526 g/mol. The lowest BCUT2D eigenvalue weighted by molar-refractivity contribution is 0.0973. The highest BCUT2D eigenvalue weighted by Crippen LogP contribution is 2.42. The van der Waals surface area contributed by atoms with Gasteiger partial charge in [0.25, 0.3) is 5.56 Å². The second-order valence-electron chi connectivity index (χ2n) is 11.2. The summed E-state index contributed by atoms with van der Waals surface area (Å²) >= 11 is 0. The summed E-state index contributed by atoms with van der Waals surface area (Å²) in [7, 11) is 1.82. The Morgan fingerprint density at radius 2 is 1.90 bits per heavy atom. The highest BCUT2D eigenvalue weighted by Gasteiger charge is 2.48. The van der Waals surface area contributed by atoms with Crippen LogP contribution in [0.2, 0.25) is 0 Å². The van der Waals surface area contributed by atoms with Gasteiger partial charge in [-0.1, -0.05) is 30.3 Å². The van der Waals surface area contributed by atoms with Gasteiger partial charge in [-0.3, -0.25) is 14.3 Å². The van der Waals surface area contributed by atoms with Gasteiger partial charge in [-0.15, -0.1) is 0 Å². The normalized spacial score (nSPS) is 22.2. The van der Waals surface area contributed by atoms with E-state index in [-0.39, 0.29) is 23.1 Å². The molecule has 0 radical (unpaired) electrons. The lowest BCUT2D eigenvalue weighted by Crippen LogP contribution is -2.51. The molecule has 1 spiro atoms. The van der Waals surface area contributed by atoms with Crippen LogP contribution in [0.4, 0.5) is 17.5 Å². The average molecular weight is 527 g/mol. The summed E-state index contributed by atoms with van der Waals surface area (Å²) in [6.07, 6.45) is 4.54. The zero-order valence-electron chi connectivity index (χ0n) is 22.5. The Balaban J connectivity index is 1.31. The molecule has 2 N–H and O–H groups in total. The molecule has 3 aliphatic heterocycles. The van der Waals surface area contributed by atoms with Gasteiger partial charge in [0.05, 0.1) is 30.6 Å². The SMILES string of the molecule is C[C@@H]1OCC2(CCN(c3nc4c(c(N5CCc6ncccc65)nn4Cc4ccccc4)c(=O)n3C)CC2)[C@@H]1N. The minimum atomic E-state index is -0.0866. The Labute approximate surface area is 227 Å². The number of hydrogen-bond donors (Lipinski definition) is 1. The van der Waals surface area contributed by atoms with Crippen molar-refractivity contribution in [3.05, 3.63) is 70.3 Å². The largest absolute Gasteiger partial charge is 0.376 e. The molecule has 10 nitrogen and oxygen atoms in total. The highest BCUT2D eigenvalue weighted by atomic mass is 16.5. The Hall–Kier alpha value is -3.76. The van der Waals surface area contributed by atoms with Gasteiger partial charge in [0.1, 0.15) is 5.39 Å². The smallest absolute Gasteiger partial charge is 0.268 e. The van der Waals surface area contributed by atoms with Gasteiger partial charge in [0, 0.05) is 50.8 Å². The lowest BCUT2D eigenvalue weighted by atomic mass is 9.73. The lowest BCUT2D eigenvalue weighted by Gasteiger charge is -2.41. The van der Waals surface area contributed by atoms with Gasteiger partial charge in [-0.2, -0.15) is 10.1 Å². The maximum absolute atomic E-state index is 14.1. The molecular formula is C29H34N8O2. The van der Waals surface area contributed by atoms with Crippen LogP contribution in [0.25, 0.3) is 11.0 Å². The van der Waals surface area contributed by atoms with Crippen LogP contribution in [0.15, 0.2) is 53.5 Å². The van der Waals surface area contributed by atoms with E-state index in [9.17, 15) is 4.79 Å². The Morgan fingerprint density at radius 1 is 1.10 bits per heavy atom. The van der Waals surface area contributed by atoms with Crippen molar-refractivity contribution < 1.29 is 4.74 Å². The molecule has 3 aromatic heterocycles. The first-order chi connectivity index (χ1) is 18.9. The molecule has 2 saturated heterocycles. The number of anilines is 3. The van der Waals surface area contributed by atoms with Crippen LogP contribution in [0.5, 0.6) is 0 Å². The molecular weight excluding hydrogens is 492 g/mol. The van der Waals surface area contributed by atoms with Crippen LogP contribution in [0.1, 0.15) is 31.0 Å². The fourth-order valence-corrected chi connectivity index (χ4v) is 6.56. The molecule has 0 saturated carbocycles. The molecule has 202 valence electrons. The number of benzene rings is 1. The number of hydrogen-bond acceptors (Lipinski definition) is 8. The maximum Gasteiger partial charge on any atom is 0.268 e. The second kappa shape index (κ2) is 9.17. The minimum Gasteiger partial charge on any atom is -0.376 e. The van der Waals surface area contributed by atoms with Crippen LogP contribution < -0.4 is 21.1 Å². The molecule has 2 fully saturated rings. The molecule has 2 atom stereocenters. The van der Waals surface area contributed by atoms with E-state index < -0.39 is 0 Å². The Bertz CT molecular complexity index is 1590. The second-order valence-corrected chi connectivity index (χ2v) is 11.2. The van der Waals surface area contributed by atoms with Crippen molar-refractivity contribution in [2.75, 3.05) is 36.0 Å². The van der Waals surface area contributed by atoms with E-state index in [4.69, 9.17) is 20.6 Å². The minimum absolute atomic E-state index is 0.00167. The van der Waals surface area contributed by atoms with E-state index in [1.165, 1.54) is 0 Å². The first-order valence-corrected chi connectivity index (χ1v) is 13.8. The highest BCUT2D eigenvalue weighted by molar-refractivity contribution is 5.91. The van der Waals surface area contributed by atoms with Crippen LogP contribution >= 0.6 is 0 Å². The number of rotatable bonds is 4. The molecule has 1 aromatic carbocycles. The van der Waals surface area contributed by atoms with Crippen molar-refractivity contribution in [2.45, 2.75) is 44.9 Å². The number of ether oxygens (including phenoxy) is 1. The average Bonchev–Trinajstić information content (AvgIpc) is 3.63. The Morgan fingerprint density at radius 3 is 2.64 bits per heavy atom. The standard InChI is InChI=1S/C29H34N8O2/c1-19-24(30)29(18-39-19)11-15-35(16-12-29)28-32-25-23(27(38)34(28)2)26(33-37(25)17-20-7-4-3-5-8-20)36-14-10-21-22(36)9-6-13-31-21/h3-9,13,19,24H,10-12,14-18,30H2,1-2H3/t19-,24+/m0/s1. The van der Waals surface area contributed by atoms with Crippen molar-refractivity contribution in [1.82, 2.24) is 24.3 Å². The molecule has 3 aliphatic rings. The third-order valence-electron chi connectivity index (χ3n) is 8.98. The molecule has 4 aromatic rings. The zero-order valence-corrected chi connectivity index (χ0v) is 22.5. The van der Waals surface area contributed by atoms with Crippen molar-refractivity contribution in [1.29, 1.82) is 0 Å². The van der Waals surface area contributed by atoms with Gasteiger partial charge < -0.3 is 20.3 Å². The summed E-state index contributed by atoms with van der Waals surface area (Å²) in [5, 5.41) is 5.56. The number of pyridine rings is 1. The molecule has 0 aliphatic carbocycles. The van der Waals surface area contributed by atoms with Crippen molar-refractivity contribution >= 4 is 28.5 Å². The maximum atomic E-state index is 14.1. The first-order valence-electron chi connectivity index (χ1n) is 13.8. The topological polar surface area (TPSA) is 107 Å². The molecule has 0 unspecified atom stereocenters. The van der Waals surface area contributed by atoms with E-state index in [1.807, 2.05) is 48.3 Å². The summed E-state index contributed by atoms with van der Waals surface area (Å²) in [6.45, 7) is 5.57. The summed E-state index contributed by atoms with van der Waals surface area (Å²) in [6, 6.07) is 14.2. The number of piperidine rings is 1. The van der Waals surface area contributed by atoms with Gasteiger partial charge in [0.2, 0.25) is 5.95 Å².